The second kappa shape index (κ2) is 11.1. The third kappa shape index (κ3) is 5.58. The highest BCUT2D eigenvalue weighted by atomic mass is 32.2. The number of aliphatic imine (C=N–C) groups is 1. The van der Waals surface area contributed by atoms with Gasteiger partial charge < -0.3 is 14.6 Å². The normalized spacial score (nSPS) is 15.5. The Labute approximate surface area is 211 Å². The Balaban J connectivity index is 1.54. The number of carboxylic acids is 1. The van der Waals surface area contributed by atoms with Crippen LogP contribution in [-0.2, 0) is 11.4 Å². The number of nitrogens with zero attached hydrogens (tertiary/aromatic N) is 2. The Morgan fingerprint density at radius 1 is 1.11 bits per heavy atom. The van der Waals surface area contributed by atoms with Crippen LogP contribution in [0.2, 0.25) is 0 Å². The molecule has 4 rings (SSSR count). The zero-order valence-corrected chi connectivity index (χ0v) is 20.4. The Morgan fingerprint density at radius 3 is 2.53 bits per heavy atom. The highest BCUT2D eigenvalue weighted by molar-refractivity contribution is 8.18. The number of ether oxygens (including phenoxy) is 2. The number of aromatic carboxylic acids is 1. The summed E-state index contributed by atoms with van der Waals surface area (Å²) >= 11 is 1.24. The van der Waals surface area contributed by atoms with E-state index in [1.807, 2.05) is 6.92 Å². The van der Waals surface area contributed by atoms with Gasteiger partial charge in [0.05, 0.1) is 23.3 Å². The first kappa shape index (κ1) is 25.0. The van der Waals surface area contributed by atoms with E-state index in [0.717, 1.165) is 5.56 Å². The Hall–Kier alpha value is -4.11. The number of rotatable bonds is 8. The number of benzene rings is 3. The van der Waals surface area contributed by atoms with Crippen molar-refractivity contribution in [3.8, 4) is 11.5 Å². The van der Waals surface area contributed by atoms with Crippen molar-refractivity contribution in [1.29, 1.82) is 0 Å². The SMILES string of the molecule is CCN1C(=O)C(=Cc2ccc(OCc3ccccc3F)c(OC)c2)SC1=Nc1ccc(C(=O)O)cc1. The van der Waals surface area contributed by atoms with E-state index in [9.17, 15) is 14.0 Å². The first-order chi connectivity index (χ1) is 17.4. The van der Waals surface area contributed by atoms with E-state index in [-0.39, 0.29) is 23.9 Å². The average molecular weight is 507 g/mol. The molecule has 1 N–H and O–H groups in total. The summed E-state index contributed by atoms with van der Waals surface area (Å²) in [4.78, 5) is 30.6. The van der Waals surface area contributed by atoms with E-state index >= 15 is 0 Å². The van der Waals surface area contributed by atoms with Gasteiger partial charge in [-0.1, -0.05) is 24.3 Å². The molecule has 1 heterocycles. The molecule has 7 nitrogen and oxygen atoms in total. The second-order valence-corrected chi connectivity index (χ2v) is 8.71. The van der Waals surface area contributed by atoms with Crippen LogP contribution in [0.4, 0.5) is 10.1 Å². The van der Waals surface area contributed by atoms with Crippen molar-refractivity contribution in [2.45, 2.75) is 13.5 Å². The van der Waals surface area contributed by atoms with Crippen molar-refractivity contribution in [2.75, 3.05) is 13.7 Å². The Bertz CT molecular complexity index is 1350. The number of halogens is 1. The number of amides is 1. The fourth-order valence-corrected chi connectivity index (χ4v) is 4.54. The van der Waals surface area contributed by atoms with E-state index in [0.29, 0.717) is 39.4 Å². The number of amidine groups is 1. The van der Waals surface area contributed by atoms with Crippen LogP contribution in [0.3, 0.4) is 0 Å². The maximum Gasteiger partial charge on any atom is 0.335 e. The van der Waals surface area contributed by atoms with Crippen LogP contribution in [0.1, 0.15) is 28.4 Å². The van der Waals surface area contributed by atoms with Gasteiger partial charge in [-0.2, -0.15) is 0 Å². The molecule has 0 atom stereocenters. The third-order valence-corrected chi connectivity index (χ3v) is 6.38. The zero-order valence-electron chi connectivity index (χ0n) is 19.6. The lowest BCUT2D eigenvalue weighted by Gasteiger charge is -2.12. The first-order valence-corrected chi connectivity index (χ1v) is 11.9. The van der Waals surface area contributed by atoms with E-state index in [1.54, 1.807) is 59.5 Å². The van der Waals surface area contributed by atoms with Gasteiger partial charge in [0, 0.05) is 12.1 Å². The molecule has 0 radical (unpaired) electrons. The molecule has 0 unspecified atom stereocenters. The molecule has 1 saturated heterocycles. The molecular formula is C27H23FN2O5S. The maximum atomic E-state index is 13.9. The largest absolute Gasteiger partial charge is 0.493 e. The molecular weight excluding hydrogens is 483 g/mol. The Morgan fingerprint density at radius 2 is 1.86 bits per heavy atom. The summed E-state index contributed by atoms with van der Waals surface area (Å²) in [7, 11) is 1.51. The molecule has 9 heteroatoms. The van der Waals surface area contributed by atoms with E-state index < -0.39 is 5.97 Å². The van der Waals surface area contributed by atoms with Crippen molar-refractivity contribution in [3.63, 3.8) is 0 Å². The Kier molecular flexibility index (Phi) is 7.70. The lowest BCUT2D eigenvalue weighted by molar-refractivity contribution is -0.122. The van der Waals surface area contributed by atoms with Crippen LogP contribution in [0.5, 0.6) is 11.5 Å². The van der Waals surface area contributed by atoms with Crippen LogP contribution in [0.15, 0.2) is 76.6 Å². The number of likely N-dealkylation sites (N-methyl/N-ethyl adjacent to an activating group) is 1. The van der Waals surface area contributed by atoms with Gasteiger partial charge in [0.25, 0.3) is 5.91 Å². The van der Waals surface area contributed by atoms with E-state index in [4.69, 9.17) is 14.6 Å². The van der Waals surface area contributed by atoms with Crippen molar-refractivity contribution in [3.05, 3.63) is 94.1 Å². The van der Waals surface area contributed by atoms with E-state index in [2.05, 4.69) is 4.99 Å². The summed E-state index contributed by atoms with van der Waals surface area (Å²) in [6, 6.07) is 17.8. The van der Waals surface area contributed by atoms with Gasteiger partial charge >= 0.3 is 5.97 Å². The van der Waals surface area contributed by atoms with Crippen molar-refractivity contribution in [2.24, 2.45) is 4.99 Å². The highest BCUT2D eigenvalue weighted by Crippen LogP contribution is 2.36. The third-order valence-electron chi connectivity index (χ3n) is 5.37. The lowest BCUT2D eigenvalue weighted by Crippen LogP contribution is -2.28. The topological polar surface area (TPSA) is 88.4 Å². The van der Waals surface area contributed by atoms with Gasteiger partial charge in [-0.05, 0) is 72.8 Å². The fourth-order valence-electron chi connectivity index (χ4n) is 3.47. The molecule has 1 amide bonds. The number of carbonyl (C=O) groups excluding carboxylic acids is 1. The van der Waals surface area contributed by atoms with Crippen LogP contribution in [-0.4, -0.2) is 40.7 Å². The molecule has 1 aliphatic heterocycles. The molecule has 1 fully saturated rings. The fraction of sp³-hybridized carbons (Fsp3) is 0.148. The molecule has 1 aliphatic rings. The molecule has 0 aromatic heterocycles. The second-order valence-electron chi connectivity index (χ2n) is 7.70. The highest BCUT2D eigenvalue weighted by Gasteiger charge is 2.32. The minimum atomic E-state index is -1.01. The van der Waals surface area contributed by atoms with Crippen molar-refractivity contribution >= 4 is 40.6 Å². The number of carbonyl (C=O) groups is 2. The maximum absolute atomic E-state index is 13.9. The molecule has 184 valence electrons. The lowest BCUT2D eigenvalue weighted by atomic mass is 10.1. The summed E-state index contributed by atoms with van der Waals surface area (Å²) in [5, 5.41) is 9.57. The minimum absolute atomic E-state index is 0.0521. The van der Waals surface area contributed by atoms with Crippen molar-refractivity contribution < 1.29 is 28.6 Å². The molecule has 3 aromatic carbocycles. The van der Waals surface area contributed by atoms with Gasteiger partial charge in [0.1, 0.15) is 12.4 Å². The van der Waals surface area contributed by atoms with Gasteiger partial charge in [-0.3, -0.25) is 9.69 Å². The average Bonchev–Trinajstić information content (AvgIpc) is 3.17. The predicted octanol–water partition coefficient (Wildman–Crippen LogP) is 5.74. The summed E-state index contributed by atoms with van der Waals surface area (Å²) < 4.78 is 25.1. The molecule has 36 heavy (non-hydrogen) atoms. The predicted molar refractivity (Wildman–Crippen MR) is 137 cm³/mol. The smallest absolute Gasteiger partial charge is 0.335 e. The van der Waals surface area contributed by atoms with Crippen LogP contribution in [0.25, 0.3) is 6.08 Å². The number of carboxylic acid groups (broad SMARTS) is 1. The van der Waals surface area contributed by atoms with Gasteiger partial charge in [-0.25, -0.2) is 14.2 Å². The van der Waals surface area contributed by atoms with Crippen LogP contribution in [0, 0.1) is 5.82 Å². The van der Waals surface area contributed by atoms with Crippen LogP contribution < -0.4 is 9.47 Å². The minimum Gasteiger partial charge on any atom is -0.493 e. The number of methoxy groups -OCH3 is 1. The summed E-state index contributed by atoms with van der Waals surface area (Å²) in [5.41, 5.74) is 1.87. The zero-order chi connectivity index (χ0) is 25.7. The van der Waals surface area contributed by atoms with Crippen molar-refractivity contribution in [1.82, 2.24) is 4.90 Å². The summed E-state index contributed by atoms with van der Waals surface area (Å²) in [6.07, 6.45) is 1.74. The number of hydrogen-bond acceptors (Lipinski definition) is 6. The quantitative estimate of drug-likeness (QED) is 0.392. The standard InChI is InChI=1S/C27H23FN2O5S/c1-3-30-25(31)24(36-27(30)29-20-11-9-18(10-12-20)26(32)33)15-17-8-13-22(23(14-17)34-2)35-16-19-6-4-5-7-21(19)28/h4-15H,3,16H2,1-2H3,(H,32,33). The van der Waals surface area contributed by atoms with Gasteiger partial charge in [-0.15, -0.1) is 0 Å². The molecule has 0 spiro atoms. The molecule has 0 saturated carbocycles. The number of hydrogen-bond donors (Lipinski definition) is 1. The molecule has 3 aromatic rings. The molecule has 0 bridgehead atoms. The monoisotopic (exact) mass is 506 g/mol. The summed E-state index contributed by atoms with van der Waals surface area (Å²) in [6.45, 7) is 2.34. The van der Waals surface area contributed by atoms with Gasteiger partial charge in [0.15, 0.2) is 16.7 Å². The molecule has 0 aliphatic carbocycles. The number of thioether (sulfide) groups is 1. The first-order valence-electron chi connectivity index (χ1n) is 11.1. The van der Waals surface area contributed by atoms with Gasteiger partial charge in [0.2, 0.25) is 0 Å². The van der Waals surface area contributed by atoms with E-state index in [1.165, 1.54) is 37.1 Å². The summed E-state index contributed by atoms with van der Waals surface area (Å²) in [5.74, 6) is -0.627. The van der Waals surface area contributed by atoms with Crippen LogP contribution >= 0.6 is 11.8 Å².